The number of sulfone groups is 1. The van der Waals surface area contributed by atoms with Gasteiger partial charge in [0.15, 0.2) is 15.7 Å². The maximum Gasteiger partial charge on any atom is 0.246 e. The molecule has 186 valence electrons. The number of nitrogens with zero attached hydrogens (tertiary/aromatic N) is 4. The molecular formula is C26H26FN5O3S. The second-order valence-electron chi connectivity index (χ2n) is 8.87. The van der Waals surface area contributed by atoms with Crippen LogP contribution in [-0.4, -0.2) is 50.0 Å². The van der Waals surface area contributed by atoms with Gasteiger partial charge in [-0.15, -0.1) is 0 Å². The fourth-order valence-corrected chi connectivity index (χ4v) is 5.59. The predicted octanol–water partition coefficient (Wildman–Crippen LogP) is 3.19. The molecular weight excluding hydrogens is 481 g/mol. The largest absolute Gasteiger partial charge is 0.359 e. The first-order valence-electron chi connectivity index (χ1n) is 11.5. The van der Waals surface area contributed by atoms with E-state index in [4.69, 9.17) is 5.73 Å². The van der Waals surface area contributed by atoms with E-state index in [-0.39, 0.29) is 35.1 Å². The highest BCUT2D eigenvalue weighted by atomic mass is 32.2. The SMILES string of the molecule is Cc1nn(-c2cccc(CN)c2)c2c(F)c(N3CCN(c4ccccc4S(C)(=O)=O)CC3=O)ccc12. The van der Waals surface area contributed by atoms with Crippen molar-refractivity contribution >= 4 is 38.0 Å². The first kappa shape index (κ1) is 24.0. The van der Waals surface area contributed by atoms with Crippen LogP contribution < -0.4 is 15.5 Å². The molecule has 1 aliphatic rings. The summed E-state index contributed by atoms with van der Waals surface area (Å²) in [6, 6.07) is 17.4. The molecule has 5 rings (SSSR count). The molecule has 1 saturated heterocycles. The van der Waals surface area contributed by atoms with Crippen LogP contribution in [0.1, 0.15) is 11.3 Å². The van der Waals surface area contributed by atoms with Crippen molar-refractivity contribution < 1.29 is 17.6 Å². The average molecular weight is 508 g/mol. The maximum absolute atomic E-state index is 16.0. The minimum absolute atomic E-state index is 0.0686. The number of aryl methyl sites for hydroxylation is 1. The fourth-order valence-electron chi connectivity index (χ4n) is 4.68. The lowest BCUT2D eigenvalue weighted by Gasteiger charge is -2.36. The lowest BCUT2D eigenvalue weighted by atomic mass is 10.1. The highest BCUT2D eigenvalue weighted by Gasteiger charge is 2.30. The number of amides is 1. The van der Waals surface area contributed by atoms with Gasteiger partial charge in [0, 0.05) is 31.3 Å². The van der Waals surface area contributed by atoms with Crippen molar-refractivity contribution in [2.45, 2.75) is 18.4 Å². The molecule has 0 atom stereocenters. The number of hydrogen-bond acceptors (Lipinski definition) is 6. The zero-order chi connectivity index (χ0) is 25.6. The van der Waals surface area contributed by atoms with Gasteiger partial charge >= 0.3 is 0 Å². The molecule has 0 aliphatic carbocycles. The van der Waals surface area contributed by atoms with Gasteiger partial charge in [-0.05, 0) is 48.9 Å². The molecule has 36 heavy (non-hydrogen) atoms. The van der Waals surface area contributed by atoms with Crippen LogP contribution in [0.2, 0.25) is 0 Å². The highest BCUT2D eigenvalue weighted by molar-refractivity contribution is 7.90. The molecule has 1 fully saturated rings. The van der Waals surface area contributed by atoms with Crippen molar-refractivity contribution in [2.24, 2.45) is 5.73 Å². The summed E-state index contributed by atoms with van der Waals surface area (Å²) in [5.74, 6) is -0.861. The van der Waals surface area contributed by atoms with E-state index >= 15 is 4.39 Å². The molecule has 10 heteroatoms. The van der Waals surface area contributed by atoms with Gasteiger partial charge in [0.25, 0.3) is 0 Å². The number of carbonyl (C=O) groups is 1. The van der Waals surface area contributed by atoms with Gasteiger partial charge < -0.3 is 15.5 Å². The number of aromatic nitrogens is 2. The second kappa shape index (κ2) is 9.03. The third-order valence-corrected chi connectivity index (χ3v) is 7.60. The Bertz CT molecular complexity index is 1600. The molecule has 1 aromatic heterocycles. The molecule has 1 amide bonds. The molecule has 2 N–H and O–H groups in total. The molecule has 0 saturated carbocycles. The van der Waals surface area contributed by atoms with E-state index in [1.54, 1.807) is 39.9 Å². The smallest absolute Gasteiger partial charge is 0.246 e. The van der Waals surface area contributed by atoms with Gasteiger partial charge in [-0.2, -0.15) is 5.10 Å². The van der Waals surface area contributed by atoms with Crippen LogP contribution in [0.4, 0.5) is 15.8 Å². The summed E-state index contributed by atoms with van der Waals surface area (Å²) in [5, 5.41) is 5.21. The summed E-state index contributed by atoms with van der Waals surface area (Å²) in [7, 11) is -3.48. The van der Waals surface area contributed by atoms with Crippen LogP contribution in [0.15, 0.2) is 65.6 Å². The van der Waals surface area contributed by atoms with E-state index in [9.17, 15) is 13.2 Å². The number of anilines is 2. The molecule has 0 unspecified atom stereocenters. The number of rotatable bonds is 5. The second-order valence-corrected chi connectivity index (χ2v) is 10.9. The molecule has 1 aliphatic heterocycles. The Balaban J connectivity index is 1.51. The van der Waals surface area contributed by atoms with Crippen molar-refractivity contribution in [3.63, 3.8) is 0 Å². The minimum atomic E-state index is -3.48. The first-order valence-corrected chi connectivity index (χ1v) is 13.4. The number of halogens is 1. The topological polar surface area (TPSA) is 102 Å². The Morgan fingerprint density at radius 1 is 1.03 bits per heavy atom. The number of fused-ring (bicyclic) bond motifs is 1. The summed E-state index contributed by atoms with van der Waals surface area (Å²) < 4.78 is 42.1. The summed E-state index contributed by atoms with van der Waals surface area (Å²) in [5.41, 5.74) is 8.95. The van der Waals surface area contributed by atoms with Gasteiger partial charge in [-0.1, -0.05) is 24.3 Å². The fraction of sp³-hybridized carbons (Fsp3) is 0.231. The minimum Gasteiger partial charge on any atom is -0.359 e. The van der Waals surface area contributed by atoms with Gasteiger partial charge in [-0.3, -0.25) is 4.79 Å². The van der Waals surface area contributed by atoms with E-state index in [1.807, 2.05) is 31.2 Å². The maximum atomic E-state index is 16.0. The molecule has 4 aromatic rings. The first-order chi connectivity index (χ1) is 17.2. The Labute approximate surface area is 208 Å². The number of carbonyl (C=O) groups excluding carboxylic acids is 1. The molecule has 0 bridgehead atoms. The number of para-hydroxylation sites is 1. The van der Waals surface area contributed by atoms with Gasteiger partial charge in [0.2, 0.25) is 5.91 Å². The van der Waals surface area contributed by atoms with Crippen molar-refractivity contribution in [3.8, 4) is 5.69 Å². The van der Waals surface area contributed by atoms with Crippen molar-refractivity contribution in [3.05, 3.63) is 77.7 Å². The van der Waals surface area contributed by atoms with E-state index < -0.39 is 15.7 Å². The molecule has 8 nitrogen and oxygen atoms in total. The summed E-state index contributed by atoms with van der Waals surface area (Å²) in [6.45, 7) is 2.65. The average Bonchev–Trinajstić information content (AvgIpc) is 3.21. The third kappa shape index (κ3) is 4.12. The molecule has 2 heterocycles. The van der Waals surface area contributed by atoms with Gasteiger partial charge in [-0.25, -0.2) is 17.5 Å². The normalized spacial score (nSPS) is 14.6. The number of piperazine rings is 1. The van der Waals surface area contributed by atoms with Gasteiger partial charge in [0.05, 0.1) is 34.2 Å². The summed E-state index contributed by atoms with van der Waals surface area (Å²) >= 11 is 0. The van der Waals surface area contributed by atoms with Crippen molar-refractivity contribution in [1.82, 2.24) is 9.78 Å². The quantitative estimate of drug-likeness (QED) is 0.445. The predicted molar refractivity (Wildman–Crippen MR) is 138 cm³/mol. The van der Waals surface area contributed by atoms with Crippen molar-refractivity contribution in [2.75, 3.05) is 35.7 Å². The molecule has 0 spiro atoms. The zero-order valence-corrected chi connectivity index (χ0v) is 20.8. The van der Waals surface area contributed by atoms with Gasteiger partial charge in [0.1, 0.15) is 5.52 Å². The van der Waals surface area contributed by atoms with E-state index in [0.717, 1.165) is 11.8 Å². The number of hydrogen-bond donors (Lipinski definition) is 1. The zero-order valence-electron chi connectivity index (χ0n) is 20.0. The van der Waals surface area contributed by atoms with E-state index in [2.05, 4.69) is 5.10 Å². The van der Waals surface area contributed by atoms with Crippen LogP contribution in [0.3, 0.4) is 0 Å². The highest BCUT2D eigenvalue weighted by Crippen LogP contribution is 2.33. The van der Waals surface area contributed by atoms with Crippen LogP contribution in [0.25, 0.3) is 16.6 Å². The Morgan fingerprint density at radius 3 is 2.53 bits per heavy atom. The number of benzene rings is 3. The molecule has 0 radical (unpaired) electrons. The lowest BCUT2D eigenvalue weighted by Crippen LogP contribution is -2.51. The lowest BCUT2D eigenvalue weighted by molar-refractivity contribution is -0.118. The Morgan fingerprint density at radius 2 is 1.81 bits per heavy atom. The monoisotopic (exact) mass is 507 g/mol. The van der Waals surface area contributed by atoms with E-state index in [0.29, 0.717) is 35.5 Å². The van der Waals surface area contributed by atoms with E-state index in [1.165, 1.54) is 11.0 Å². The van der Waals surface area contributed by atoms with Crippen LogP contribution in [-0.2, 0) is 21.2 Å². The van der Waals surface area contributed by atoms with Crippen LogP contribution in [0.5, 0.6) is 0 Å². The van der Waals surface area contributed by atoms with Crippen molar-refractivity contribution in [1.29, 1.82) is 0 Å². The summed E-state index contributed by atoms with van der Waals surface area (Å²) in [4.78, 5) is 16.5. The number of nitrogens with two attached hydrogens (primary N) is 1. The van der Waals surface area contributed by atoms with Crippen LogP contribution in [0, 0.1) is 12.7 Å². The summed E-state index contributed by atoms with van der Waals surface area (Å²) in [6.07, 6.45) is 1.14. The van der Waals surface area contributed by atoms with Crippen LogP contribution >= 0.6 is 0 Å². The Kier molecular flexibility index (Phi) is 6.01. The Hall–Kier alpha value is -3.76. The standard InChI is InChI=1S/C26H26FN5O3S/c1-17-20-10-11-22(25(27)26(20)32(29-17)19-7-5-6-18(14-19)15-28)31-13-12-30(16-24(31)33)21-8-3-4-9-23(21)36(2,34)35/h3-11,14H,12-13,15-16,28H2,1-2H3. The molecule has 3 aromatic carbocycles. The third-order valence-electron chi connectivity index (χ3n) is 6.46.